The highest BCUT2D eigenvalue weighted by Gasteiger charge is 2.26. The number of hydrogen-bond acceptors (Lipinski definition) is 0. The van der Waals surface area contributed by atoms with Gasteiger partial charge in [-0.25, -0.2) is 0 Å². The predicted molar refractivity (Wildman–Crippen MR) is 69.1 cm³/mol. The van der Waals surface area contributed by atoms with Crippen LogP contribution < -0.4 is 0 Å². The van der Waals surface area contributed by atoms with Gasteiger partial charge in [-0.15, -0.1) is 0 Å². The normalized spacial score (nSPS) is 23.4. The van der Waals surface area contributed by atoms with Gasteiger partial charge in [0.05, 0.1) is 0 Å². The minimum Gasteiger partial charge on any atom is -0.0599 e. The Morgan fingerprint density at radius 1 is 0.600 bits per heavy atom. The molecule has 0 unspecified atom stereocenters. The van der Waals surface area contributed by atoms with Gasteiger partial charge in [0.15, 0.2) is 0 Å². The van der Waals surface area contributed by atoms with Crippen molar-refractivity contribution in [1.29, 1.82) is 0 Å². The second-order valence-electron chi connectivity index (χ2n) is 6.47. The Kier molecular flexibility index (Phi) is 5.71. The summed E-state index contributed by atoms with van der Waals surface area (Å²) >= 11 is 0. The second-order valence-corrected chi connectivity index (χ2v) is 6.47. The summed E-state index contributed by atoms with van der Waals surface area (Å²) < 4.78 is 0. The van der Waals surface area contributed by atoms with E-state index >= 15 is 0 Å². The highest BCUT2D eigenvalue weighted by Crippen LogP contribution is 2.38. The zero-order valence-corrected chi connectivity index (χ0v) is 11.1. The highest BCUT2D eigenvalue weighted by atomic mass is 14.3. The summed E-state index contributed by atoms with van der Waals surface area (Å²) in [6.07, 6.45) is 14.9. The summed E-state index contributed by atoms with van der Waals surface area (Å²) in [6, 6.07) is 0. The smallest absolute Gasteiger partial charge is 0.0354 e. The van der Waals surface area contributed by atoms with E-state index < -0.39 is 0 Å². The van der Waals surface area contributed by atoms with Crippen LogP contribution in [0.3, 0.4) is 0 Å². The van der Waals surface area contributed by atoms with E-state index in [2.05, 4.69) is 20.8 Å². The summed E-state index contributed by atoms with van der Waals surface area (Å²) in [5.74, 6) is 1.01. The van der Waals surface area contributed by atoms with E-state index in [0.717, 1.165) is 5.92 Å². The molecule has 0 heteroatoms. The third kappa shape index (κ3) is 5.58. The highest BCUT2D eigenvalue weighted by molar-refractivity contribution is 4.78. The maximum atomic E-state index is 2.36. The van der Waals surface area contributed by atoms with Gasteiger partial charge in [-0.1, -0.05) is 72.1 Å². The van der Waals surface area contributed by atoms with Gasteiger partial charge < -0.3 is 0 Å². The zero-order chi connectivity index (χ0) is 11.1. The zero-order valence-electron chi connectivity index (χ0n) is 11.1. The van der Waals surface area contributed by atoms with Crippen molar-refractivity contribution >= 4 is 0 Å². The number of hydrogen-bond donors (Lipinski definition) is 0. The first-order chi connectivity index (χ1) is 7.11. The molecule has 0 aliphatic heterocycles. The molecule has 0 saturated heterocycles. The minimum atomic E-state index is 0.580. The fraction of sp³-hybridized carbons (Fsp3) is 1.00. The molecule has 2 aliphatic carbocycles. The van der Waals surface area contributed by atoms with Crippen molar-refractivity contribution in [3.8, 4) is 0 Å². The quantitative estimate of drug-likeness (QED) is 0.491. The molecule has 2 fully saturated rings. The van der Waals surface area contributed by atoms with Gasteiger partial charge in [0.2, 0.25) is 0 Å². The first-order valence-corrected chi connectivity index (χ1v) is 7.11. The van der Waals surface area contributed by atoms with Gasteiger partial charge in [0.25, 0.3) is 0 Å². The lowest BCUT2D eigenvalue weighted by Gasteiger charge is -2.26. The molecule has 0 bridgehead atoms. The Morgan fingerprint density at radius 3 is 1.13 bits per heavy atom. The molecule has 0 N–H and O–H groups in total. The maximum absolute atomic E-state index is 2.36. The molecular weight excluding hydrogens is 180 g/mol. The summed E-state index contributed by atoms with van der Waals surface area (Å²) in [5, 5.41) is 0. The van der Waals surface area contributed by atoms with Crippen LogP contribution in [0.25, 0.3) is 0 Å². The van der Waals surface area contributed by atoms with E-state index in [1.165, 1.54) is 64.2 Å². The molecule has 15 heavy (non-hydrogen) atoms. The first kappa shape index (κ1) is 13.1. The Labute approximate surface area is 96.8 Å². The average molecular weight is 210 g/mol. The van der Waals surface area contributed by atoms with Gasteiger partial charge in [-0.05, 0) is 24.2 Å². The SMILES string of the molecule is C1CCCCC1.CC(C)(C)C1CCCC1. The van der Waals surface area contributed by atoms with Crippen LogP contribution in [-0.4, -0.2) is 0 Å². The Morgan fingerprint density at radius 2 is 0.933 bits per heavy atom. The molecule has 2 rings (SSSR count). The van der Waals surface area contributed by atoms with E-state index in [9.17, 15) is 0 Å². The van der Waals surface area contributed by atoms with Crippen LogP contribution in [0.1, 0.15) is 85.0 Å². The van der Waals surface area contributed by atoms with Crippen molar-refractivity contribution in [2.75, 3.05) is 0 Å². The molecule has 0 heterocycles. The van der Waals surface area contributed by atoms with Crippen molar-refractivity contribution in [1.82, 2.24) is 0 Å². The Balaban J connectivity index is 0.000000162. The largest absolute Gasteiger partial charge is 0.0599 e. The molecule has 2 saturated carbocycles. The molecule has 2 aliphatic rings. The van der Waals surface area contributed by atoms with Gasteiger partial charge >= 0.3 is 0 Å². The van der Waals surface area contributed by atoms with Crippen LogP contribution in [0.4, 0.5) is 0 Å². The molecule has 0 aromatic rings. The Bertz CT molecular complexity index is 130. The summed E-state index contributed by atoms with van der Waals surface area (Å²) in [5.41, 5.74) is 0.580. The van der Waals surface area contributed by atoms with Gasteiger partial charge in [-0.2, -0.15) is 0 Å². The minimum absolute atomic E-state index is 0.580. The number of rotatable bonds is 0. The van der Waals surface area contributed by atoms with Crippen molar-refractivity contribution in [3.63, 3.8) is 0 Å². The fourth-order valence-electron chi connectivity index (χ4n) is 2.85. The standard InChI is InChI=1S/C9H18.C6H12/c1-9(2,3)8-6-4-5-7-8;1-2-4-6-5-3-1/h8H,4-7H2,1-3H3;1-6H2. The van der Waals surface area contributed by atoms with Crippen molar-refractivity contribution in [2.45, 2.75) is 85.0 Å². The van der Waals surface area contributed by atoms with Gasteiger partial charge in [-0.3, -0.25) is 0 Å². The lowest BCUT2D eigenvalue weighted by atomic mass is 9.80. The van der Waals surface area contributed by atoms with E-state index in [4.69, 9.17) is 0 Å². The lowest BCUT2D eigenvalue weighted by Crippen LogP contribution is -2.16. The topological polar surface area (TPSA) is 0 Å². The average Bonchev–Trinajstić information content (AvgIpc) is 2.73. The van der Waals surface area contributed by atoms with Crippen LogP contribution in [0.2, 0.25) is 0 Å². The van der Waals surface area contributed by atoms with E-state index in [1.807, 2.05) is 0 Å². The van der Waals surface area contributed by atoms with Crippen molar-refractivity contribution in [2.24, 2.45) is 11.3 Å². The van der Waals surface area contributed by atoms with Crippen LogP contribution in [0.5, 0.6) is 0 Å². The molecule has 0 radical (unpaired) electrons. The fourth-order valence-corrected chi connectivity index (χ4v) is 2.85. The lowest BCUT2D eigenvalue weighted by molar-refractivity contribution is 0.246. The molecule has 0 amide bonds. The third-order valence-electron chi connectivity index (χ3n) is 4.08. The van der Waals surface area contributed by atoms with E-state index in [1.54, 1.807) is 0 Å². The molecule has 90 valence electrons. The van der Waals surface area contributed by atoms with Crippen molar-refractivity contribution in [3.05, 3.63) is 0 Å². The summed E-state index contributed by atoms with van der Waals surface area (Å²) in [7, 11) is 0. The van der Waals surface area contributed by atoms with Crippen LogP contribution in [0, 0.1) is 11.3 Å². The maximum Gasteiger partial charge on any atom is -0.0354 e. The van der Waals surface area contributed by atoms with Gasteiger partial charge in [0.1, 0.15) is 0 Å². The molecule has 0 aromatic carbocycles. The molecule has 0 spiro atoms. The monoisotopic (exact) mass is 210 g/mol. The molecule has 0 atom stereocenters. The molecule has 0 aromatic heterocycles. The van der Waals surface area contributed by atoms with Crippen molar-refractivity contribution < 1.29 is 0 Å². The third-order valence-corrected chi connectivity index (χ3v) is 4.08. The van der Waals surface area contributed by atoms with E-state index in [0.29, 0.717) is 5.41 Å². The Hall–Kier alpha value is 0. The summed E-state index contributed by atoms with van der Waals surface area (Å²) in [6.45, 7) is 7.09. The van der Waals surface area contributed by atoms with Gasteiger partial charge in [0, 0.05) is 0 Å². The predicted octanol–water partition coefficient (Wildman–Crippen LogP) is 5.56. The first-order valence-electron chi connectivity index (χ1n) is 7.11. The van der Waals surface area contributed by atoms with E-state index in [-0.39, 0.29) is 0 Å². The molecular formula is C15H30. The van der Waals surface area contributed by atoms with Crippen LogP contribution in [-0.2, 0) is 0 Å². The van der Waals surface area contributed by atoms with Crippen LogP contribution in [0.15, 0.2) is 0 Å². The second kappa shape index (κ2) is 6.55. The summed E-state index contributed by atoms with van der Waals surface area (Å²) in [4.78, 5) is 0. The molecule has 0 nitrogen and oxygen atoms in total. The van der Waals surface area contributed by atoms with Crippen LogP contribution >= 0.6 is 0 Å².